The highest BCUT2D eigenvalue weighted by atomic mass is 31.2. The Labute approximate surface area is 217 Å². The lowest BCUT2D eigenvalue weighted by Gasteiger charge is -2.16. The van der Waals surface area contributed by atoms with Crippen molar-refractivity contribution in [1.82, 2.24) is 19.5 Å². The molecule has 1 saturated heterocycles. The molecule has 1 aliphatic heterocycles. The maximum Gasteiger partial charge on any atom is 0.469 e. The van der Waals surface area contributed by atoms with Gasteiger partial charge in [0.25, 0.3) is 0 Å². The molecule has 2 aromatic heterocycles. The minimum atomic E-state index is -4.72. The van der Waals surface area contributed by atoms with E-state index in [0.717, 1.165) is 12.8 Å². The Kier molecular flexibility index (Phi) is 13.1. The van der Waals surface area contributed by atoms with Crippen molar-refractivity contribution in [3.63, 3.8) is 0 Å². The number of nitrogens with two attached hydrogens (primary N) is 2. The fourth-order valence-electron chi connectivity index (χ4n) is 3.03. The first-order valence-electron chi connectivity index (χ1n) is 11.5. The predicted molar refractivity (Wildman–Crippen MR) is 131 cm³/mol. The summed E-state index contributed by atoms with van der Waals surface area (Å²) in [7, 11) is -4.72. The number of aliphatic carboxylic acids is 2. The van der Waals surface area contributed by atoms with Crippen molar-refractivity contribution in [2.24, 2.45) is 11.7 Å². The third-order valence-electron chi connectivity index (χ3n) is 5.41. The summed E-state index contributed by atoms with van der Waals surface area (Å²) in [4.78, 5) is 49.0. The van der Waals surface area contributed by atoms with Crippen LogP contribution in [0.5, 0.6) is 0 Å². The second-order valence-corrected chi connectivity index (χ2v) is 9.55. The minimum absolute atomic E-state index is 0.0718. The first kappa shape index (κ1) is 33.3. The molecule has 38 heavy (non-hydrogen) atoms. The summed E-state index contributed by atoms with van der Waals surface area (Å²) >= 11 is 0. The average molecular weight is 567 g/mol. The maximum atomic E-state index is 10.7. The molecule has 0 unspecified atom stereocenters. The van der Waals surface area contributed by atoms with Gasteiger partial charge in [0.05, 0.1) is 12.9 Å². The molecule has 0 radical (unpaired) electrons. The number of carboxylic acid groups (broad SMARTS) is 2. The molecule has 0 spiro atoms. The summed E-state index contributed by atoms with van der Waals surface area (Å²) in [5.74, 6) is -1.41. The van der Waals surface area contributed by atoms with E-state index < -0.39 is 56.9 Å². The number of hydrogen-bond acceptors (Lipinski definition) is 12. The Hall–Kier alpha value is -2.76. The van der Waals surface area contributed by atoms with Gasteiger partial charge in [-0.05, 0) is 12.3 Å². The monoisotopic (exact) mass is 566 g/mol. The van der Waals surface area contributed by atoms with Crippen LogP contribution in [0.4, 0.5) is 5.82 Å². The number of hydrogen-bond donors (Lipinski definition) is 8. The highest BCUT2D eigenvalue weighted by Crippen LogP contribution is 2.38. The molecule has 6 atom stereocenters. The van der Waals surface area contributed by atoms with Gasteiger partial charge in [0, 0.05) is 6.42 Å². The molecule has 1 fully saturated rings. The number of phosphoric ester groups is 1. The van der Waals surface area contributed by atoms with E-state index in [1.807, 2.05) is 20.8 Å². The van der Waals surface area contributed by atoms with Crippen molar-refractivity contribution in [3.8, 4) is 0 Å². The van der Waals surface area contributed by atoms with Gasteiger partial charge in [-0.3, -0.25) is 18.7 Å². The van der Waals surface area contributed by atoms with Crippen LogP contribution >= 0.6 is 7.82 Å². The molecule has 3 heterocycles. The van der Waals surface area contributed by atoms with Gasteiger partial charge < -0.3 is 46.4 Å². The third-order valence-corrected chi connectivity index (χ3v) is 5.90. The first-order chi connectivity index (χ1) is 17.6. The van der Waals surface area contributed by atoms with Crippen molar-refractivity contribution in [2.45, 2.75) is 70.6 Å². The van der Waals surface area contributed by atoms with E-state index in [9.17, 15) is 24.4 Å². The molecule has 1 aliphatic rings. The van der Waals surface area contributed by atoms with E-state index in [2.05, 4.69) is 19.5 Å². The van der Waals surface area contributed by atoms with Gasteiger partial charge in [-0.2, -0.15) is 0 Å². The maximum absolute atomic E-state index is 10.7. The summed E-state index contributed by atoms with van der Waals surface area (Å²) in [6, 6.07) is -0.699. The average Bonchev–Trinajstić information content (AvgIpc) is 3.39. The minimum Gasteiger partial charge on any atom is -0.481 e. The smallest absolute Gasteiger partial charge is 0.469 e. The second kappa shape index (κ2) is 15.0. The lowest BCUT2D eigenvalue weighted by molar-refractivity contribution is -0.140. The number of aromatic nitrogens is 4. The number of nitrogen functional groups attached to an aromatic ring is 1. The number of aliphatic hydroxyl groups excluding tert-OH is 2. The van der Waals surface area contributed by atoms with E-state index >= 15 is 0 Å². The molecule has 0 bridgehead atoms. The van der Waals surface area contributed by atoms with Gasteiger partial charge in [-0.1, -0.05) is 27.2 Å². The Morgan fingerprint density at radius 1 is 1.18 bits per heavy atom. The molecule has 0 amide bonds. The van der Waals surface area contributed by atoms with Crippen molar-refractivity contribution in [1.29, 1.82) is 0 Å². The molecule has 18 heteroatoms. The number of phosphoric acid groups is 1. The van der Waals surface area contributed by atoms with Crippen LogP contribution in [0.25, 0.3) is 11.2 Å². The molecular formula is C20H35N6O11P. The van der Waals surface area contributed by atoms with Crippen LogP contribution in [0.2, 0.25) is 0 Å². The fraction of sp³-hybridized carbons (Fsp3) is 0.650. The van der Waals surface area contributed by atoms with Crippen molar-refractivity contribution in [3.05, 3.63) is 12.7 Å². The molecule has 0 aromatic carbocycles. The Morgan fingerprint density at radius 3 is 2.26 bits per heavy atom. The van der Waals surface area contributed by atoms with E-state index in [0.29, 0.717) is 11.9 Å². The number of nitrogens with zero attached hydrogens (tertiary/aromatic N) is 4. The topological polar surface area (TPSA) is 287 Å². The lowest BCUT2D eigenvalue weighted by Crippen LogP contribution is -2.36. The van der Waals surface area contributed by atoms with Gasteiger partial charge in [0.2, 0.25) is 0 Å². The van der Waals surface area contributed by atoms with Gasteiger partial charge >= 0.3 is 19.8 Å². The Morgan fingerprint density at radius 2 is 1.82 bits per heavy atom. The van der Waals surface area contributed by atoms with Crippen molar-refractivity contribution in [2.75, 3.05) is 12.3 Å². The number of ether oxygens (including phenoxy) is 1. The molecule has 2 aromatic rings. The standard InChI is InChI=1S/C10H14N5O7P.C6H13NO2.C4H8O2/c11-8-5-9(13-2-12-8)15(3-14-5)10-7(17)6(16)4(22-10)1-21-23(18,19)20;1-3-4(2)5(7)6(8)9;1-2-3-4(5)6/h2-4,6-7,10,16-17H,1H2,(H2,11,12,13)(H2,18,19,20);4-5H,3,7H2,1-2H3,(H,8,9);2-3H2,1H3,(H,5,6)/t4-,6-,7-,10-;4-,5-;/m10./s1. The van der Waals surface area contributed by atoms with Gasteiger partial charge in [-0.15, -0.1) is 0 Å². The van der Waals surface area contributed by atoms with Crippen molar-refractivity contribution < 1.29 is 53.6 Å². The second-order valence-electron chi connectivity index (χ2n) is 8.31. The first-order valence-corrected chi connectivity index (χ1v) is 13.0. The zero-order chi connectivity index (χ0) is 29.2. The van der Waals surface area contributed by atoms with Crippen LogP contribution in [-0.4, -0.2) is 92.6 Å². The summed E-state index contributed by atoms with van der Waals surface area (Å²) in [6.45, 7) is 5.00. The number of anilines is 1. The fourth-order valence-corrected chi connectivity index (χ4v) is 3.38. The predicted octanol–water partition coefficient (Wildman–Crippen LogP) is -0.547. The van der Waals surface area contributed by atoms with Crippen LogP contribution in [0.3, 0.4) is 0 Å². The summed E-state index contributed by atoms with van der Waals surface area (Å²) < 4.78 is 21.8. The van der Waals surface area contributed by atoms with E-state index in [1.165, 1.54) is 17.2 Å². The number of rotatable bonds is 9. The van der Waals surface area contributed by atoms with Gasteiger partial charge in [0.1, 0.15) is 36.2 Å². The number of carbonyl (C=O) groups is 2. The highest BCUT2D eigenvalue weighted by Gasteiger charge is 2.45. The van der Waals surface area contributed by atoms with Crippen LogP contribution in [-0.2, 0) is 23.4 Å². The quantitative estimate of drug-likeness (QED) is 0.177. The Balaban J connectivity index is 0.000000399. The van der Waals surface area contributed by atoms with Crippen molar-refractivity contribution >= 4 is 36.7 Å². The largest absolute Gasteiger partial charge is 0.481 e. The number of fused-ring (bicyclic) bond motifs is 1. The summed E-state index contributed by atoms with van der Waals surface area (Å²) in [5, 5.41) is 36.3. The normalized spacial score (nSPS) is 22.5. The van der Waals surface area contributed by atoms with E-state index in [-0.39, 0.29) is 17.4 Å². The van der Waals surface area contributed by atoms with Crippen LogP contribution in [0.1, 0.15) is 46.3 Å². The van der Waals surface area contributed by atoms with Crippen LogP contribution in [0.15, 0.2) is 12.7 Å². The molecule has 3 rings (SSSR count). The van der Waals surface area contributed by atoms with Crippen LogP contribution in [0, 0.1) is 5.92 Å². The molecule has 17 nitrogen and oxygen atoms in total. The number of imidazole rings is 1. The third kappa shape index (κ3) is 9.85. The zero-order valence-corrected chi connectivity index (χ0v) is 22.0. The van der Waals surface area contributed by atoms with E-state index in [4.69, 9.17) is 36.2 Å². The Bertz CT molecular complexity index is 1100. The van der Waals surface area contributed by atoms with Crippen LogP contribution < -0.4 is 11.5 Å². The zero-order valence-electron chi connectivity index (χ0n) is 21.1. The SMILES string of the molecule is CCCC(=O)O.CC[C@H](C)[C@H](N)C(=O)O.Nc1ncnc2c1ncn2[C@@H]1O[C@H](COP(=O)(O)O)[C@@H](O)[C@H]1O. The number of carboxylic acids is 2. The van der Waals surface area contributed by atoms with Gasteiger partial charge in [-0.25, -0.2) is 19.5 Å². The van der Waals surface area contributed by atoms with Gasteiger partial charge in [0.15, 0.2) is 17.7 Å². The molecule has 0 aliphatic carbocycles. The summed E-state index contributed by atoms with van der Waals surface area (Å²) in [5.41, 5.74) is 11.5. The molecular weight excluding hydrogens is 531 g/mol. The van der Waals surface area contributed by atoms with E-state index in [1.54, 1.807) is 0 Å². The molecule has 216 valence electrons. The molecule has 0 saturated carbocycles. The lowest BCUT2D eigenvalue weighted by atomic mass is 10.0. The highest BCUT2D eigenvalue weighted by molar-refractivity contribution is 7.46. The molecule has 10 N–H and O–H groups in total. The number of aliphatic hydroxyl groups is 2. The summed E-state index contributed by atoms with van der Waals surface area (Å²) in [6.07, 6.45) is -0.654.